The van der Waals surface area contributed by atoms with E-state index >= 15 is 0 Å². The van der Waals surface area contributed by atoms with Gasteiger partial charge < -0.3 is 15.1 Å². The molecule has 3 heterocycles. The van der Waals surface area contributed by atoms with Crippen molar-refractivity contribution in [1.82, 2.24) is 20.1 Å². The number of thiazole rings is 1. The summed E-state index contributed by atoms with van der Waals surface area (Å²) in [6, 6.07) is 0.127. The molecule has 2 aliphatic rings. The van der Waals surface area contributed by atoms with Crippen LogP contribution in [0.4, 0.5) is 4.79 Å². The first-order valence-corrected chi connectivity index (χ1v) is 8.98. The van der Waals surface area contributed by atoms with Gasteiger partial charge in [-0.1, -0.05) is 20.8 Å². The first-order valence-electron chi connectivity index (χ1n) is 8.16. The lowest BCUT2D eigenvalue weighted by Crippen LogP contribution is -2.50. The van der Waals surface area contributed by atoms with E-state index in [9.17, 15) is 9.59 Å². The van der Waals surface area contributed by atoms with Crippen molar-refractivity contribution >= 4 is 23.3 Å². The van der Waals surface area contributed by atoms with Crippen LogP contribution in [0.1, 0.15) is 48.3 Å². The lowest BCUT2D eigenvalue weighted by Gasteiger charge is -2.36. The van der Waals surface area contributed by atoms with Crippen molar-refractivity contribution in [3.8, 4) is 0 Å². The molecule has 1 aromatic rings. The average Bonchev–Trinajstić information content (AvgIpc) is 3.15. The largest absolute Gasteiger partial charge is 0.336 e. The maximum absolute atomic E-state index is 12.8. The van der Waals surface area contributed by atoms with Crippen LogP contribution in [0.15, 0.2) is 6.20 Å². The van der Waals surface area contributed by atoms with Crippen LogP contribution in [0.2, 0.25) is 0 Å². The van der Waals surface area contributed by atoms with Crippen molar-refractivity contribution in [1.29, 1.82) is 0 Å². The smallest absolute Gasteiger partial charge is 0.317 e. The molecule has 7 heteroatoms. The summed E-state index contributed by atoms with van der Waals surface area (Å²) in [5.74, 6) is 0.0438. The molecule has 2 aliphatic heterocycles. The number of piperidine rings is 1. The molecule has 0 saturated carbocycles. The Kier molecular flexibility index (Phi) is 4.31. The van der Waals surface area contributed by atoms with Crippen molar-refractivity contribution in [2.75, 3.05) is 26.2 Å². The number of nitrogens with zero attached hydrogens (tertiary/aromatic N) is 3. The fourth-order valence-corrected chi connectivity index (χ4v) is 4.05. The minimum Gasteiger partial charge on any atom is -0.336 e. The van der Waals surface area contributed by atoms with E-state index in [0.717, 1.165) is 30.9 Å². The predicted molar refractivity (Wildman–Crippen MR) is 89.8 cm³/mol. The molecule has 2 fully saturated rings. The highest BCUT2D eigenvalue weighted by Crippen LogP contribution is 2.28. The summed E-state index contributed by atoms with van der Waals surface area (Å²) in [7, 11) is 0. The SMILES string of the molecule is CC(C)(C)c1ncc(C(=O)N2CCC[C@H](N3CCNC3=O)C2)s1. The Morgan fingerprint density at radius 2 is 2.17 bits per heavy atom. The number of carbonyl (C=O) groups is 2. The van der Waals surface area contributed by atoms with Crippen molar-refractivity contribution in [2.45, 2.75) is 45.1 Å². The summed E-state index contributed by atoms with van der Waals surface area (Å²) in [6.45, 7) is 9.12. The monoisotopic (exact) mass is 336 g/mol. The first kappa shape index (κ1) is 16.2. The normalized spacial score (nSPS) is 22.4. The molecule has 0 aromatic carbocycles. The van der Waals surface area contributed by atoms with Gasteiger partial charge in [-0.2, -0.15) is 0 Å². The lowest BCUT2D eigenvalue weighted by molar-refractivity contribution is 0.0639. The van der Waals surface area contributed by atoms with Crippen molar-refractivity contribution in [3.05, 3.63) is 16.1 Å². The van der Waals surface area contributed by atoms with E-state index in [1.807, 2.05) is 9.80 Å². The summed E-state index contributed by atoms with van der Waals surface area (Å²) in [5, 5.41) is 3.82. The number of urea groups is 1. The van der Waals surface area contributed by atoms with Gasteiger partial charge >= 0.3 is 6.03 Å². The zero-order valence-corrected chi connectivity index (χ0v) is 14.8. The van der Waals surface area contributed by atoms with E-state index in [1.165, 1.54) is 11.3 Å². The Morgan fingerprint density at radius 3 is 2.78 bits per heavy atom. The Bertz CT molecular complexity index is 607. The first-order chi connectivity index (χ1) is 10.9. The molecule has 2 saturated heterocycles. The Morgan fingerprint density at radius 1 is 1.39 bits per heavy atom. The topological polar surface area (TPSA) is 65.5 Å². The second kappa shape index (κ2) is 6.11. The van der Waals surface area contributed by atoms with Gasteiger partial charge in [0.2, 0.25) is 0 Å². The lowest BCUT2D eigenvalue weighted by atomic mass is 9.98. The van der Waals surface area contributed by atoms with Crippen molar-refractivity contribution in [3.63, 3.8) is 0 Å². The van der Waals surface area contributed by atoms with Crippen molar-refractivity contribution in [2.24, 2.45) is 0 Å². The van der Waals surface area contributed by atoms with Gasteiger partial charge in [0, 0.05) is 31.6 Å². The molecular weight excluding hydrogens is 312 g/mol. The maximum atomic E-state index is 12.8. The predicted octanol–water partition coefficient (Wildman–Crippen LogP) is 2.07. The molecule has 23 heavy (non-hydrogen) atoms. The molecule has 1 aromatic heterocycles. The molecule has 0 bridgehead atoms. The van der Waals surface area contributed by atoms with E-state index < -0.39 is 0 Å². The molecule has 0 spiro atoms. The van der Waals surface area contributed by atoms with Crippen LogP contribution in [0.5, 0.6) is 0 Å². The van der Waals surface area contributed by atoms with Crippen LogP contribution in [-0.4, -0.2) is 58.9 Å². The third-order valence-electron chi connectivity index (χ3n) is 4.37. The molecule has 126 valence electrons. The molecule has 3 amide bonds. The van der Waals surface area contributed by atoms with Gasteiger partial charge in [-0.05, 0) is 12.8 Å². The van der Waals surface area contributed by atoms with E-state index in [2.05, 4.69) is 31.1 Å². The third-order valence-corrected chi connectivity index (χ3v) is 5.78. The summed E-state index contributed by atoms with van der Waals surface area (Å²) in [5.41, 5.74) is -0.0404. The number of hydrogen-bond acceptors (Lipinski definition) is 4. The fourth-order valence-electron chi connectivity index (χ4n) is 3.10. The van der Waals surface area contributed by atoms with E-state index in [0.29, 0.717) is 18.0 Å². The molecule has 3 rings (SSSR count). The Labute approximate surface area is 140 Å². The highest BCUT2D eigenvalue weighted by atomic mass is 32.1. The molecule has 6 nitrogen and oxygen atoms in total. The average molecular weight is 336 g/mol. The van der Waals surface area contributed by atoms with Crippen LogP contribution in [0.3, 0.4) is 0 Å². The quantitative estimate of drug-likeness (QED) is 0.899. The number of amides is 3. The van der Waals surface area contributed by atoms with Crippen LogP contribution >= 0.6 is 11.3 Å². The standard InChI is InChI=1S/C16H24N4O2S/c1-16(2,3)14-18-9-12(23-14)13(21)19-7-4-5-11(10-19)20-8-6-17-15(20)22/h9,11H,4-8,10H2,1-3H3,(H,17,22)/t11-/m0/s1. The zero-order chi connectivity index (χ0) is 16.6. The van der Waals surface area contributed by atoms with Gasteiger partial charge in [0.1, 0.15) is 4.88 Å². The minimum atomic E-state index is -0.0404. The van der Waals surface area contributed by atoms with Gasteiger partial charge in [-0.15, -0.1) is 11.3 Å². The highest BCUT2D eigenvalue weighted by molar-refractivity contribution is 7.13. The van der Waals surface area contributed by atoms with Crippen LogP contribution in [0.25, 0.3) is 0 Å². The number of nitrogens with one attached hydrogen (secondary N) is 1. The van der Waals surface area contributed by atoms with Gasteiger partial charge in [-0.3, -0.25) is 4.79 Å². The third kappa shape index (κ3) is 3.34. The number of rotatable bonds is 2. The van der Waals surface area contributed by atoms with Gasteiger partial charge in [-0.25, -0.2) is 9.78 Å². The summed E-state index contributed by atoms with van der Waals surface area (Å²) in [4.78, 5) is 33.4. The van der Waals surface area contributed by atoms with E-state index in [-0.39, 0.29) is 23.4 Å². The summed E-state index contributed by atoms with van der Waals surface area (Å²) in [6.07, 6.45) is 3.60. The van der Waals surface area contributed by atoms with Gasteiger partial charge in [0.15, 0.2) is 0 Å². The molecule has 0 unspecified atom stereocenters. The van der Waals surface area contributed by atoms with Gasteiger partial charge in [0.05, 0.1) is 17.2 Å². The van der Waals surface area contributed by atoms with Crippen LogP contribution in [-0.2, 0) is 5.41 Å². The Balaban J connectivity index is 1.69. The molecule has 1 atom stereocenters. The molecular formula is C16H24N4O2S. The number of carbonyl (C=O) groups excluding carboxylic acids is 2. The maximum Gasteiger partial charge on any atom is 0.317 e. The summed E-state index contributed by atoms with van der Waals surface area (Å²) >= 11 is 1.48. The highest BCUT2D eigenvalue weighted by Gasteiger charge is 2.33. The zero-order valence-electron chi connectivity index (χ0n) is 14.0. The van der Waals surface area contributed by atoms with Crippen LogP contribution < -0.4 is 5.32 Å². The molecule has 0 aliphatic carbocycles. The van der Waals surface area contributed by atoms with Gasteiger partial charge in [0.25, 0.3) is 5.91 Å². The minimum absolute atomic E-state index is 0.00268. The van der Waals surface area contributed by atoms with E-state index in [1.54, 1.807) is 6.20 Å². The number of aromatic nitrogens is 1. The molecule has 0 radical (unpaired) electrons. The second-order valence-electron chi connectivity index (χ2n) is 7.25. The number of likely N-dealkylation sites (tertiary alicyclic amines) is 1. The Hall–Kier alpha value is -1.63. The van der Waals surface area contributed by atoms with Crippen molar-refractivity contribution < 1.29 is 9.59 Å². The fraction of sp³-hybridized carbons (Fsp3) is 0.688. The number of hydrogen-bond donors (Lipinski definition) is 1. The summed E-state index contributed by atoms with van der Waals surface area (Å²) < 4.78 is 0. The second-order valence-corrected chi connectivity index (χ2v) is 8.28. The van der Waals surface area contributed by atoms with Crippen LogP contribution in [0, 0.1) is 0 Å². The molecule has 1 N–H and O–H groups in total. The van der Waals surface area contributed by atoms with E-state index in [4.69, 9.17) is 0 Å².